The Morgan fingerprint density at radius 2 is 1.88 bits per heavy atom. The van der Waals surface area contributed by atoms with Crippen LogP contribution in [-0.2, 0) is 0 Å². The maximum absolute atomic E-state index is 13.0. The predicted octanol–water partition coefficient (Wildman–Crippen LogP) is 3.90. The zero-order valence-corrected chi connectivity index (χ0v) is 13.7. The minimum atomic E-state index is -0.716. The molecule has 122 valence electrons. The van der Waals surface area contributed by atoms with Gasteiger partial charge in [-0.25, -0.2) is 18.9 Å². The van der Waals surface area contributed by atoms with Crippen molar-refractivity contribution in [3.63, 3.8) is 0 Å². The largest absolute Gasteiger partial charge is 0.419 e. The molecule has 7 heteroatoms. The van der Waals surface area contributed by atoms with Crippen LogP contribution in [0, 0.1) is 19.7 Å². The summed E-state index contributed by atoms with van der Waals surface area (Å²) in [5.74, 6) is -0.451. The zero-order valence-electron chi connectivity index (χ0n) is 13.0. The van der Waals surface area contributed by atoms with Gasteiger partial charge in [0.15, 0.2) is 0 Å². The number of aryl methyl sites for hydroxylation is 2. The highest BCUT2D eigenvalue weighted by Gasteiger charge is 2.18. The maximum Gasteiger partial charge on any atom is 0.383 e. The maximum atomic E-state index is 13.0. The number of nitrogens with zero attached hydrogens (tertiary/aromatic N) is 3. The van der Waals surface area contributed by atoms with Gasteiger partial charge >= 0.3 is 5.97 Å². The van der Waals surface area contributed by atoms with Crippen molar-refractivity contribution in [2.24, 2.45) is 0 Å². The Morgan fingerprint density at radius 1 is 1.17 bits per heavy atom. The molecule has 0 saturated carbocycles. The van der Waals surface area contributed by atoms with Gasteiger partial charge in [-0.2, -0.15) is 0 Å². The van der Waals surface area contributed by atoms with E-state index in [0.29, 0.717) is 16.5 Å². The van der Waals surface area contributed by atoms with Crippen molar-refractivity contribution >= 4 is 17.6 Å². The molecule has 2 aromatic carbocycles. The molecule has 0 unspecified atom stereocenters. The Hall–Kier alpha value is -2.73. The number of carbonyl (C=O) groups excluding carboxylic acids is 1. The molecule has 0 radical (unpaired) electrons. The monoisotopic (exact) mass is 345 g/mol. The summed E-state index contributed by atoms with van der Waals surface area (Å²) in [5.41, 5.74) is 1.50. The van der Waals surface area contributed by atoms with Crippen LogP contribution in [0.1, 0.15) is 22.0 Å². The molecule has 1 aromatic heterocycles. The van der Waals surface area contributed by atoms with Crippen molar-refractivity contribution in [2.75, 3.05) is 0 Å². The third kappa shape index (κ3) is 3.28. The number of carbonyl (C=O) groups is 1. The van der Waals surface area contributed by atoms with E-state index in [0.717, 1.165) is 5.56 Å². The first-order chi connectivity index (χ1) is 11.4. The minimum Gasteiger partial charge on any atom is -0.419 e. The summed E-state index contributed by atoms with van der Waals surface area (Å²) in [5, 5.41) is 4.45. The van der Waals surface area contributed by atoms with Gasteiger partial charge in [0.05, 0.1) is 10.7 Å². The number of esters is 1. The van der Waals surface area contributed by atoms with E-state index in [4.69, 9.17) is 16.3 Å². The van der Waals surface area contributed by atoms with Gasteiger partial charge in [-0.1, -0.05) is 17.7 Å². The predicted molar refractivity (Wildman–Crippen MR) is 87.2 cm³/mol. The van der Waals surface area contributed by atoms with Crippen LogP contribution in [0.5, 0.6) is 5.75 Å². The van der Waals surface area contributed by atoms with E-state index in [2.05, 4.69) is 10.1 Å². The number of ether oxygens (including phenoxy) is 1. The molecule has 0 fully saturated rings. The molecule has 0 aliphatic rings. The highest BCUT2D eigenvalue weighted by atomic mass is 35.5. The summed E-state index contributed by atoms with van der Waals surface area (Å²) >= 11 is 6.02. The number of benzene rings is 2. The molecule has 0 saturated heterocycles. The molecule has 24 heavy (non-hydrogen) atoms. The third-order valence-electron chi connectivity index (χ3n) is 3.31. The number of halogens is 2. The van der Waals surface area contributed by atoms with Crippen molar-refractivity contribution < 1.29 is 13.9 Å². The molecule has 0 N–H and O–H groups in total. The molecule has 0 aliphatic carbocycles. The summed E-state index contributed by atoms with van der Waals surface area (Å²) in [7, 11) is 0. The van der Waals surface area contributed by atoms with Gasteiger partial charge in [0.1, 0.15) is 17.4 Å². The van der Waals surface area contributed by atoms with Crippen LogP contribution in [0.4, 0.5) is 4.39 Å². The van der Waals surface area contributed by atoms with Gasteiger partial charge in [-0.15, -0.1) is 5.10 Å². The fourth-order valence-corrected chi connectivity index (χ4v) is 2.29. The second-order valence-corrected chi connectivity index (χ2v) is 5.60. The van der Waals surface area contributed by atoms with E-state index in [1.807, 2.05) is 13.0 Å². The quantitative estimate of drug-likeness (QED) is 0.533. The summed E-state index contributed by atoms with van der Waals surface area (Å²) in [6.45, 7) is 3.55. The lowest BCUT2D eigenvalue weighted by Gasteiger charge is -2.05. The van der Waals surface area contributed by atoms with E-state index in [1.165, 1.54) is 16.8 Å². The van der Waals surface area contributed by atoms with Crippen molar-refractivity contribution in [3.8, 4) is 11.4 Å². The lowest BCUT2D eigenvalue weighted by atomic mass is 10.2. The average Bonchev–Trinajstić information content (AvgIpc) is 2.94. The topological polar surface area (TPSA) is 57.0 Å². The molecule has 5 nitrogen and oxygen atoms in total. The van der Waals surface area contributed by atoms with Crippen molar-refractivity contribution in [1.82, 2.24) is 14.8 Å². The smallest absolute Gasteiger partial charge is 0.383 e. The number of aromatic nitrogens is 3. The summed E-state index contributed by atoms with van der Waals surface area (Å²) in [6.07, 6.45) is 0. The Bertz CT molecular complexity index is 907. The van der Waals surface area contributed by atoms with Gasteiger partial charge in [0, 0.05) is 0 Å². The van der Waals surface area contributed by atoms with Crippen molar-refractivity contribution in [3.05, 3.63) is 70.5 Å². The Kier molecular flexibility index (Phi) is 4.31. The molecule has 0 aliphatic heterocycles. The van der Waals surface area contributed by atoms with Gasteiger partial charge in [0.25, 0.3) is 5.82 Å². The first-order valence-electron chi connectivity index (χ1n) is 7.12. The molecule has 0 amide bonds. The highest BCUT2D eigenvalue weighted by Crippen LogP contribution is 2.26. The van der Waals surface area contributed by atoms with Crippen LogP contribution in [0.25, 0.3) is 5.69 Å². The summed E-state index contributed by atoms with van der Waals surface area (Å²) in [6, 6.07) is 10.8. The van der Waals surface area contributed by atoms with E-state index in [1.54, 1.807) is 31.2 Å². The number of hydrogen-bond donors (Lipinski definition) is 0. The fraction of sp³-hybridized carbons (Fsp3) is 0.118. The van der Waals surface area contributed by atoms with Gasteiger partial charge in [-0.05, 0) is 55.8 Å². The Morgan fingerprint density at radius 3 is 2.58 bits per heavy atom. The number of rotatable bonds is 3. The molecule has 0 bridgehead atoms. The first-order valence-corrected chi connectivity index (χ1v) is 7.50. The number of hydrogen-bond acceptors (Lipinski definition) is 4. The summed E-state index contributed by atoms with van der Waals surface area (Å²) < 4.78 is 19.7. The third-order valence-corrected chi connectivity index (χ3v) is 3.62. The first kappa shape index (κ1) is 16.1. The molecule has 0 atom stereocenters. The van der Waals surface area contributed by atoms with Crippen molar-refractivity contribution in [2.45, 2.75) is 13.8 Å². The second kappa shape index (κ2) is 6.41. The lowest BCUT2D eigenvalue weighted by molar-refractivity contribution is 0.0722. The Labute approximate surface area is 142 Å². The van der Waals surface area contributed by atoms with E-state index >= 15 is 0 Å². The second-order valence-electron chi connectivity index (χ2n) is 5.19. The standard InChI is InChI=1S/C17H13ClFN3O2/c1-10-3-8-14(18)15(9-10)24-17(23)16-20-11(2)22(21-16)13-6-4-12(19)5-7-13/h3-9H,1-2H3. The van der Waals surface area contributed by atoms with Gasteiger partial charge in [0.2, 0.25) is 0 Å². The lowest BCUT2D eigenvalue weighted by Crippen LogP contribution is -2.11. The van der Waals surface area contributed by atoms with Gasteiger partial charge < -0.3 is 4.74 Å². The van der Waals surface area contributed by atoms with E-state index in [9.17, 15) is 9.18 Å². The van der Waals surface area contributed by atoms with E-state index < -0.39 is 5.97 Å². The van der Waals surface area contributed by atoms with Gasteiger partial charge in [-0.3, -0.25) is 0 Å². The molecular formula is C17H13ClFN3O2. The molecular weight excluding hydrogens is 333 g/mol. The highest BCUT2D eigenvalue weighted by molar-refractivity contribution is 6.32. The Balaban J connectivity index is 1.87. The zero-order chi connectivity index (χ0) is 17.3. The average molecular weight is 346 g/mol. The van der Waals surface area contributed by atoms with E-state index in [-0.39, 0.29) is 17.4 Å². The van der Waals surface area contributed by atoms with Crippen LogP contribution in [-0.4, -0.2) is 20.7 Å². The SMILES string of the molecule is Cc1ccc(Cl)c(OC(=O)c2nc(C)n(-c3ccc(F)cc3)n2)c1. The van der Waals surface area contributed by atoms with Crippen LogP contribution < -0.4 is 4.74 Å². The molecule has 3 aromatic rings. The minimum absolute atomic E-state index is 0.102. The summed E-state index contributed by atoms with van der Waals surface area (Å²) in [4.78, 5) is 16.3. The molecule has 1 heterocycles. The van der Waals surface area contributed by atoms with Crippen LogP contribution in [0.2, 0.25) is 5.02 Å². The molecule has 3 rings (SSSR count). The van der Waals surface area contributed by atoms with Crippen LogP contribution in [0.15, 0.2) is 42.5 Å². The fourth-order valence-electron chi connectivity index (χ4n) is 2.14. The molecule has 0 spiro atoms. The van der Waals surface area contributed by atoms with Crippen LogP contribution >= 0.6 is 11.6 Å². The normalized spacial score (nSPS) is 10.7. The van der Waals surface area contributed by atoms with Crippen molar-refractivity contribution in [1.29, 1.82) is 0 Å². The van der Waals surface area contributed by atoms with Crippen LogP contribution in [0.3, 0.4) is 0 Å².